The van der Waals surface area contributed by atoms with Crippen molar-refractivity contribution in [3.8, 4) is 32.6 Å². The number of aliphatic hydroxyl groups is 1. The summed E-state index contributed by atoms with van der Waals surface area (Å²) < 4.78 is 25.4. The molecule has 0 unspecified atom stereocenters. The summed E-state index contributed by atoms with van der Waals surface area (Å²) in [5.74, 6) is -0.992. The quantitative estimate of drug-likeness (QED) is 0.428. The fourth-order valence-electron chi connectivity index (χ4n) is 2.71. The molecule has 3 rings (SSSR count). The highest BCUT2D eigenvalue weighted by Gasteiger charge is 2.18. The van der Waals surface area contributed by atoms with Gasteiger partial charge in [0.05, 0.1) is 29.3 Å². The number of carbonyl (C=O) groups excluding carboxylic acids is 1. The Bertz CT molecular complexity index is 1130. The largest absolute Gasteiger partial charge is 0.490 e. The Morgan fingerprint density at radius 3 is 2.59 bits per heavy atom. The van der Waals surface area contributed by atoms with Gasteiger partial charge in [0.25, 0.3) is 5.91 Å². The summed E-state index contributed by atoms with van der Waals surface area (Å²) in [5, 5.41) is 18.3. The molecule has 11 heteroatoms. The SMILES string of the molecule is CC(C)Oc1ccc(-c2nnc(-c3cc(F)c(OC[C@@H](N)CO)cc3Cl)s2)cc1C(N)=O. The minimum absolute atomic E-state index is 0.0647. The van der Waals surface area contributed by atoms with E-state index in [1.54, 1.807) is 18.2 Å². The van der Waals surface area contributed by atoms with Crippen LogP contribution in [0.3, 0.4) is 0 Å². The standard InChI is InChI=1S/C21H22ClFN4O4S/c1-10(2)31-17-4-3-11(5-14(17)19(25)29)20-26-27-21(32-20)13-6-16(23)18(7-15(13)22)30-9-12(24)8-28/h3-7,10,12,28H,8-9,24H2,1-2H3,(H2,25,29)/t12-/m0/s1. The maximum atomic E-state index is 14.5. The van der Waals surface area contributed by atoms with Gasteiger partial charge in [-0.2, -0.15) is 0 Å². The maximum absolute atomic E-state index is 14.5. The number of halogens is 2. The van der Waals surface area contributed by atoms with Crippen LogP contribution < -0.4 is 20.9 Å². The summed E-state index contributed by atoms with van der Waals surface area (Å²) in [6.45, 7) is 3.33. The van der Waals surface area contributed by atoms with Gasteiger partial charge in [0.1, 0.15) is 22.4 Å². The molecule has 3 aromatic rings. The molecule has 0 aliphatic carbocycles. The molecule has 1 amide bonds. The Labute approximate surface area is 192 Å². The Hall–Kier alpha value is -2.79. The molecular formula is C21H22ClFN4O4S. The molecule has 8 nitrogen and oxygen atoms in total. The average Bonchev–Trinajstić information content (AvgIpc) is 3.23. The molecule has 1 aromatic heterocycles. The minimum Gasteiger partial charge on any atom is -0.490 e. The number of primary amides is 1. The lowest BCUT2D eigenvalue weighted by molar-refractivity contribution is 0.0994. The number of amides is 1. The van der Waals surface area contributed by atoms with E-state index in [-0.39, 0.29) is 35.7 Å². The second-order valence-electron chi connectivity index (χ2n) is 7.17. The highest BCUT2D eigenvalue weighted by atomic mass is 35.5. The molecule has 5 N–H and O–H groups in total. The minimum atomic E-state index is -0.655. The Balaban J connectivity index is 1.89. The van der Waals surface area contributed by atoms with Gasteiger partial charge in [0, 0.05) is 17.2 Å². The molecule has 170 valence electrons. The van der Waals surface area contributed by atoms with E-state index in [9.17, 15) is 9.18 Å². The highest BCUT2D eigenvalue weighted by Crippen LogP contribution is 2.38. The zero-order chi connectivity index (χ0) is 23.4. The lowest BCUT2D eigenvalue weighted by Gasteiger charge is -2.13. The van der Waals surface area contributed by atoms with Crippen LogP contribution in [0.1, 0.15) is 24.2 Å². The van der Waals surface area contributed by atoms with E-state index >= 15 is 0 Å². The van der Waals surface area contributed by atoms with Gasteiger partial charge < -0.3 is 26.0 Å². The van der Waals surface area contributed by atoms with Crippen LogP contribution >= 0.6 is 22.9 Å². The number of nitrogens with two attached hydrogens (primary N) is 2. The van der Waals surface area contributed by atoms with Gasteiger partial charge in [-0.15, -0.1) is 10.2 Å². The van der Waals surface area contributed by atoms with Crippen molar-refractivity contribution in [3.63, 3.8) is 0 Å². The summed E-state index contributed by atoms with van der Waals surface area (Å²) in [7, 11) is 0. The molecule has 1 heterocycles. The van der Waals surface area contributed by atoms with Crippen LogP contribution in [0, 0.1) is 5.82 Å². The maximum Gasteiger partial charge on any atom is 0.252 e. The van der Waals surface area contributed by atoms with Crippen molar-refractivity contribution >= 4 is 28.8 Å². The van der Waals surface area contributed by atoms with Crippen molar-refractivity contribution in [1.82, 2.24) is 10.2 Å². The van der Waals surface area contributed by atoms with E-state index in [2.05, 4.69) is 10.2 Å². The zero-order valence-corrected chi connectivity index (χ0v) is 18.9. The average molecular weight is 481 g/mol. The second-order valence-corrected chi connectivity index (χ2v) is 8.56. The number of benzene rings is 2. The Morgan fingerprint density at radius 1 is 1.22 bits per heavy atom. The first kappa shape index (κ1) is 23.9. The number of nitrogens with zero attached hydrogens (tertiary/aromatic N) is 2. The summed E-state index contributed by atoms with van der Waals surface area (Å²) in [6.07, 6.45) is -0.129. The van der Waals surface area contributed by atoms with E-state index < -0.39 is 17.8 Å². The molecule has 0 spiro atoms. The third-order valence-electron chi connectivity index (χ3n) is 4.22. The van der Waals surface area contributed by atoms with Crippen LogP contribution in [-0.2, 0) is 0 Å². The third-order valence-corrected chi connectivity index (χ3v) is 5.54. The van der Waals surface area contributed by atoms with Crippen LogP contribution in [0.2, 0.25) is 5.02 Å². The Morgan fingerprint density at radius 2 is 1.94 bits per heavy atom. The number of rotatable bonds is 9. The predicted molar refractivity (Wildman–Crippen MR) is 121 cm³/mol. The van der Waals surface area contributed by atoms with Gasteiger partial charge in [-0.1, -0.05) is 22.9 Å². The Kier molecular flexibility index (Phi) is 7.62. The second kappa shape index (κ2) is 10.2. The van der Waals surface area contributed by atoms with Crippen molar-refractivity contribution in [2.24, 2.45) is 11.5 Å². The van der Waals surface area contributed by atoms with E-state index in [1.165, 1.54) is 23.5 Å². The summed E-state index contributed by atoms with van der Waals surface area (Å²) in [5.41, 5.74) is 12.2. The van der Waals surface area contributed by atoms with E-state index in [4.69, 9.17) is 37.6 Å². The first-order valence-electron chi connectivity index (χ1n) is 9.62. The van der Waals surface area contributed by atoms with Crippen LogP contribution in [0.15, 0.2) is 30.3 Å². The van der Waals surface area contributed by atoms with Gasteiger partial charge in [-0.3, -0.25) is 4.79 Å². The van der Waals surface area contributed by atoms with Crippen LogP contribution in [-0.4, -0.2) is 46.6 Å². The van der Waals surface area contributed by atoms with Crippen LogP contribution in [0.5, 0.6) is 11.5 Å². The predicted octanol–water partition coefficient (Wildman–Crippen LogP) is 3.25. The van der Waals surface area contributed by atoms with Crippen LogP contribution in [0.25, 0.3) is 21.1 Å². The van der Waals surface area contributed by atoms with E-state index in [1.807, 2.05) is 13.8 Å². The monoisotopic (exact) mass is 480 g/mol. The van der Waals surface area contributed by atoms with Crippen molar-refractivity contribution in [1.29, 1.82) is 0 Å². The molecule has 0 saturated heterocycles. The van der Waals surface area contributed by atoms with E-state index in [0.717, 1.165) is 0 Å². The van der Waals surface area contributed by atoms with Gasteiger partial charge in [-0.05, 0) is 38.1 Å². The van der Waals surface area contributed by atoms with Crippen LogP contribution in [0.4, 0.5) is 4.39 Å². The van der Waals surface area contributed by atoms with Crippen molar-refractivity contribution < 1.29 is 23.8 Å². The number of aliphatic hydroxyl groups excluding tert-OH is 1. The molecule has 0 bridgehead atoms. The molecule has 0 radical (unpaired) electrons. The molecule has 0 aliphatic heterocycles. The lowest BCUT2D eigenvalue weighted by atomic mass is 10.1. The summed E-state index contributed by atoms with van der Waals surface area (Å²) in [6, 6.07) is 6.83. The molecule has 2 aromatic carbocycles. The van der Waals surface area contributed by atoms with Gasteiger partial charge in [0.2, 0.25) is 0 Å². The fourth-order valence-corrected chi connectivity index (χ4v) is 3.88. The summed E-state index contributed by atoms with van der Waals surface area (Å²) >= 11 is 7.48. The first-order valence-corrected chi connectivity index (χ1v) is 10.8. The third kappa shape index (κ3) is 5.52. The molecular weight excluding hydrogens is 459 g/mol. The number of carbonyl (C=O) groups is 1. The lowest BCUT2D eigenvalue weighted by Crippen LogP contribution is -2.31. The fraction of sp³-hybridized carbons (Fsp3) is 0.286. The highest BCUT2D eigenvalue weighted by molar-refractivity contribution is 7.18. The van der Waals surface area contributed by atoms with Gasteiger partial charge >= 0.3 is 0 Å². The first-order chi connectivity index (χ1) is 15.2. The summed E-state index contributed by atoms with van der Waals surface area (Å²) in [4.78, 5) is 11.9. The zero-order valence-electron chi connectivity index (χ0n) is 17.3. The number of aromatic nitrogens is 2. The normalized spacial score (nSPS) is 12.1. The van der Waals surface area contributed by atoms with Crippen molar-refractivity contribution in [3.05, 3.63) is 46.7 Å². The number of hydrogen-bond donors (Lipinski definition) is 3. The number of ether oxygens (including phenoxy) is 2. The van der Waals surface area contributed by atoms with Crippen molar-refractivity contribution in [2.45, 2.75) is 26.0 Å². The molecule has 0 aliphatic rings. The van der Waals surface area contributed by atoms with Gasteiger partial charge in [0.15, 0.2) is 11.6 Å². The van der Waals surface area contributed by atoms with Gasteiger partial charge in [-0.25, -0.2) is 4.39 Å². The molecule has 32 heavy (non-hydrogen) atoms. The molecule has 1 atom stereocenters. The van der Waals surface area contributed by atoms with Crippen molar-refractivity contribution in [2.75, 3.05) is 13.2 Å². The smallest absolute Gasteiger partial charge is 0.252 e. The topological polar surface area (TPSA) is 134 Å². The molecule has 0 fully saturated rings. The van der Waals surface area contributed by atoms with E-state index in [0.29, 0.717) is 26.9 Å². The molecule has 0 saturated carbocycles. The number of hydrogen-bond acceptors (Lipinski definition) is 8.